The quantitative estimate of drug-likeness (QED) is 0.0240. The van der Waals surface area contributed by atoms with Gasteiger partial charge in [-0.25, -0.2) is 19.2 Å². The van der Waals surface area contributed by atoms with Gasteiger partial charge in [-0.05, 0) is 203 Å². The Hall–Kier alpha value is -15.0. The number of benzene rings is 15. The number of fused-ring (bicyclic) bond motifs is 5. The van der Waals surface area contributed by atoms with Crippen LogP contribution >= 0.6 is 46.4 Å². The van der Waals surface area contributed by atoms with Crippen LogP contribution < -0.4 is 40.8 Å². The summed E-state index contributed by atoms with van der Waals surface area (Å²) in [5.74, 6) is -1.01. The predicted octanol–water partition coefficient (Wildman–Crippen LogP) is 27.3. The standard InChI is InChI=1S/C19H17NO2.2C18H13NO3.2C17H21NO2.2C12H16Cl2N2O/c1-14(19(21)20-17-9-3-2-4-10-17)22-18-12-11-15-7-5-6-8-16(15)13-18;2*20-17(14-9-3-4-10-15(14)18(21)22)19-16-11-5-7-12-6-1-2-8-13(12)16;2*1-4-18(5-2)17(19)13(3)20-16-12-8-10-14-9-6-7-11-15(14)16;2*1-3-4-7-16(2)12(17)15-9-5-6-10(13)11(14)8-9/h2-14H,1H3,(H,20,21);2*1-11H,(H,19,20)(H,21,22);2*6-13H,4-5H2,1-3H3;2*5-6,8H,3-4,7H2,1-2H3,(H,15,17). The molecule has 0 heterocycles. The topological polar surface area (TPSA) is 295 Å². The van der Waals surface area contributed by atoms with Crippen molar-refractivity contribution >= 4 is 182 Å². The number of hydrogen-bond donors (Lipinski definition) is 7. The fourth-order valence-corrected chi connectivity index (χ4v) is 14.9. The lowest BCUT2D eigenvalue weighted by molar-refractivity contribution is -0.138. The van der Waals surface area contributed by atoms with Crippen LogP contribution in [0.1, 0.15) is 129 Å². The van der Waals surface area contributed by atoms with Gasteiger partial charge in [0.2, 0.25) is 0 Å². The highest BCUT2D eigenvalue weighted by atomic mass is 35.5. The Labute approximate surface area is 837 Å². The maximum Gasteiger partial charge on any atom is 0.336 e. The van der Waals surface area contributed by atoms with Crippen LogP contribution in [0.25, 0.3) is 53.9 Å². The minimum atomic E-state index is -1.12. The molecule has 27 heteroatoms. The highest BCUT2D eigenvalue weighted by molar-refractivity contribution is 6.42. The molecule has 0 aliphatic carbocycles. The van der Waals surface area contributed by atoms with Gasteiger partial charge in [-0.15, -0.1) is 0 Å². The summed E-state index contributed by atoms with van der Waals surface area (Å²) in [5.41, 5.74) is 3.62. The predicted molar refractivity (Wildman–Crippen MR) is 570 cm³/mol. The van der Waals surface area contributed by atoms with E-state index in [0.29, 0.717) is 74.8 Å². The first-order chi connectivity index (χ1) is 67.5. The van der Waals surface area contributed by atoms with Crippen molar-refractivity contribution in [2.75, 3.05) is 79.9 Å². The van der Waals surface area contributed by atoms with Gasteiger partial charge in [-0.2, -0.15) is 0 Å². The lowest BCUT2D eigenvalue weighted by atomic mass is 10.1. The molecule has 0 spiro atoms. The normalized spacial score (nSPS) is 11.1. The lowest BCUT2D eigenvalue weighted by Crippen LogP contribution is -2.40. The first kappa shape index (κ1) is 109. The van der Waals surface area contributed by atoms with Crippen LogP contribution in [-0.2, 0) is 14.4 Å². The van der Waals surface area contributed by atoms with Crippen LogP contribution in [0, 0.1) is 0 Å². The third-order valence-electron chi connectivity index (χ3n) is 22.0. The second kappa shape index (κ2) is 56.0. The molecule has 23 nitrogen and oxygen atoms in total. The van der Waals surface area contributed by atoms with E-state index in [-0.39, 0.29) is 52.0 Å². The molecule has 0 radical (unpaired) electrons. The van der Waals surface area contributed by atoms with E-state index in [1.165, 1.54) is 24.3 Å². The maximum absolute atomic E-state index is 12.4. The van der Waals surface area contributed by atoms with E-state index in [1.807, 2.05) is 272 Å². The van der Waals surface area contributed by atoms with Crippen molar-refractivity contribution in [3.05, 3.63) is 370 Å². The molecule has 15 aromatic carbocycles. The van der Waals surface area contributed by atoms with Gasteiger partial charge < -0.3 is 70.6 Å². The van der Waals surface area contributed by atoms with Gasteiger partial charge in [-0.1, -0.05) is 291 Å². The van der Waals surface area contributed by atoms with E-state index in [2.05, 4.69) is 40.4 Å². The zero-order chi connectivity index (χ0) is 101. The number of ether oxygens (including phenoxy) is 3. The number of unbranched alkanes of at least 4 members (excludes halogenated alkanes) is 2. The fourth-order valence-electron chi connectivity index (χ4n) is 14.3. The third-order valence-corrected chi connectivity index (χ3v) is 23.5. The van der Waals surface area contributed by atoms with Crippen molar-refractivity contribution in [1.82, 2.24) is 19.6 Å². The molecular weight excluding hydrogens is 1850 g/mol. The first-order valence-corrected chi connectivity index (χ1v) is 47.5. The van der Waals surface area contributed by atoms with Gasteiger partial charge >= 0.3 is 24.0 Å². The van der Waals surface area contributed by atoms with Gasteiger partial charge in [0.1, 0.15) is 17.2 Å². The van der Waals surface area contributed by atoms with Gasteiger partial charge in [0.25, 0.3) is 29.5 Å². The molecule has 0 aromatic heterocycles. The van der Waals surface area contributed by atoms with E-state index in [4.69, 9.17) is 60.6 Å². The maximum atomic E-state index is 12.4. The van der Waals surface area contributed by atoms with E-state index in [1.54, 1.807) is 113 Å². The Morgan fingerprint density at radius 3 is 1.02 bits per heavy atom. The molecule has 15 aromatic rings. The number of aromatic carboxylic acids is 2. The van der Waals surface area contributed by atoms with Gasteiger partial charge in [0.05, 0.1) is 42.3 Å². The number of carbonyl (C=O) groups excluding carboxylic acids is 7. The summed E-state index contributed by atoms with van der Waals surface area (Å²) in [6.07, 6.45) is 2.59. The number of para-hydroxylation sites is 1. The summed E-state index contributed by atoms with van der Waals surface area (Å²) in [7, 11) is 3.53. The number of carboxylic acid groups (broad SMARTS) is 2. The van der Waals surface area contributed by atoms with Crippen molar-refractivity contribution in [1.29, 1.82) is 0 Å². The van der Waals surface area contributed by atoms with Gasteiger partial charge in [0.15, 0.2) is 18.3 Å². The lowest BCUT2D eigenvalue weighted by Gasteiger charge is -2.23. The Balaban J connectivity index is 0.000000183. The smallest absolute Gasteiger partial charge is 0.336 e. The third kappa shape index (κ3) is 32.6. The number of carboxylic acids is 2. The zero-order valence-corrected chi connectivity index (χ0v) is 83.1. The van der Waals surface area contributed by atoms with Gasteiger partial charge in [0, 0.05) is 103 Å². The highest BCUT2D eigenvalue weighted by Crippen LogP contribution is 2.33. The Morgan fingerprint density at radius 1 is 0.307 bits per heavy atom. The van der Waals surface area contributed by atoms with Crippen molar-refractivity contribution in [2.45, 2.75) is 106 Å². The molecular formula is C113H117Cl4N9O14. The van der Waals surface area contributed by atoms with E-state index in [0.717, 1.165) is 110 Å². The Kier molecular flexibility index (Phi) is 43.5. The monoisotopic (exact) mass is 1960 g/mol. The molecule has 15 rings (SSSR count). The number of nitrogens with zero attached hydrogens (tertiary/aromatic N) is 4. The van der Waals surface area contributed by atoms with E-state index in [9.17, 15) is 53.4 Å². The van der Waals surface area contributed by atoms with Crippen LogP contribution in [0.2, 0.25) is 20.1 Å². The van der Waals surface area contributed by atoms with Crippen molar-refractivity contribution in [3.63, 3.8) is 0 Å². The Bertz CT molecular complexity index is 6350. The molecule has 0 saturated heterocycles. The van der Waals surface area contributed by atoms with Crippen LogP contribution in [-0.4, -0.2) is 155 Å². The number of anilines is 5. The molecule has 7 N–H and O–H groups in total. The molecule has 0 aliphatic rings. The largest absolute Gasteiger partial charge is 0.481 e. The number of likely N-dealkylation sites (N-methyl/N-ethyl adjacent to an activating group) is 2. The molecule has 3 unspecified atom stereocenters. The number of hydrogen-bond acceptors (Lipinski definition) is 12. The Morgan fingerprint density at radius 2 is 0.643 bits per heavy atom. The number of nitrogens with one attached hydrogen (secondary N) is 5. The number of urea groups is 2. The SMILES string of the molecule is CC(Oc1ccc2ccccc2c1)C(=O)Nc1ccccc1.CCCCN(C)C(=O)Nc1ccc(Cl)c(Cl)c1.CCCCN(C)C(=O)Nc1ccc(Cl)c(Cl)c1.CCN(CC)C(=O)C(C)Oc1cccc2ccccc12.CCN(CC)C(=O)C(C)Oc1cccc2ccccc12.O=C(O)c1ccccc1C(=O)Nc1cccc2ccccc12.O=C(O)c1ccccc1C(=O)Nc1cccc2ccccc12. The average Bonchev–Trinajstić information content (AvgIpc) is 0.811. The van der Waals surface area contributed by atoms with Crippen molar-refractivity contribution in [2.24, 2.45) is 0 Å². The van der Waals surface area contributed by atoms with Crippen molar-refractivity contribution < 1.29 is 67.6 Å². The molecule has 0 fully saturated rings. The second-order valence-corrected chi connectivity index (χ2v) is 33.6. The summed E-state index contributed by atoms with van der Waals surface area (Å²) >= 11 is 23.3. The molecule has 9 amide bonds. The minimum absolute atomic E-state index is 0.0137. The number of halogens is 4. The van der Waals surface area contributed by atoms with Crippen LogP contribution in [0.15, 0.2) is 328 Å². The van der Waals surface area contributed by atoms with Gasteiger partial charge in [-0.3, -0.25) is 24.0 Å². The molecule has 0 aliphatic heterocycles. The first-order valence-electron chi connectivity index (χ1n) is 46.0. The molecule has 0 saturated carbocycles. The average molecular weight is 1970 g/mol. The molecule has 3 atom stereocenters. The van der Waals surface area contributed by atoms with E-state index >= 15 is 0 Å². The summed E-state index contributed by atoms with van der Waals surface area (Å²) in [5, 5.41) is 44.5. The summed E-state index contributed by atoms with van der Waals surface area (Å²) in [6, 6.07) is 99.7. The van der Waals surface area contributed by atoms with Crippen molar-refractivity contribution in [3.8, 4) is 17.2 Å². The summed E-state index contributed by atoms with van der Waals surface area (Å²) < 4.78 is 17.5. The number of rotatable bonds is 28. The van der Waals surface area contributed by atoms with Crippen LogP contribution in [0.4, 0.5) is 38.0 Å². The van der Waals surface area contributed by atoms with E-state index < -0.39 is 42.1 Å². The van der Waals surface area contributed by atoms with Crippen LogP contribution in [0.3, 0.4) is 0 Å². The second-order valence-electron chi connectivity index (χ2n) is 32.0. The zero-order valence-electron chi connectivity index (χ0n) is 80.1. The van der Waals surface area contributed by atoms with Crippen LogP contribution in [0.5, 0.6) is 17.2 Å². The highest BCUT2D eigenvalue weighted by Gasteiger charge is 2.25. The minimum Gasteiger partial charge on any atom is -0.481 e. The summed E-state index contributed by atoms with van der Waals surface area (Å²) in [4.78, 5) is 114. The summed E-state index contributed by atoms with van der Waals surface area (Å²) in [6.45, 7) is 21.8. The number of amides is 9. The molecule has 0 bridgehead atoms. The molecule has 726 valence electrons. The fraction of sp³-hybridized carbons (Fsp3) is 0.212. The number of carbonyl (C=O) groups is 9. The molecule has 140 heavy (non-hydrogen) atoms.